The monoisotopic (exact) mass is 391 g/mol. The lowest BCUT2D eigenvalue weighted by Crippen LogP contribution is -2.46. The van der Waals surface area contributed by atoms with Gasteiger partial charge >= 0.3 is 0 Å². The molecule has 1 amide bonds. The average Bonchev–Trinajstić information content (AvgIpc) is 3.36. The minimum atomic E-state index is -0.682. The Labute approximate surface area is 169 Å². The van der Waals surface area contributed by atoms with Crippen LogP contribution in [-0.2, 0) is 11.2 Å². The Hall–Kier alpha value is -3.08. The van der Waals surface area contributed by atoms with E-state index >= 15 is 0 Å². The minimum Gasteiger partial charge on any atom is -0.458 e. The highest BCUT2D eigenvalue weighted by molar-refractivity contribution is 5.87. The summed E-state index contributed by atoms with van der Waals surface area (Å²) in [6, 6.07) is 7.00. The first-order valence-corrected chi connectivity index (χ1v) is 9.92. The number of aromatic amines is 1. The van der Waals surface area contributed by atoms with Gasteiger partial charge in [-0.1, -0.05) is 6.08 Å². The van der Waals surface area contributed by atoms with Gasteiger partial charge in [-0.3, -0.25) is 4.79 Å². The molecule has 2 heterocycles. The first-order chi connectivity index (χ1) is 14.0. The average molecular weight is 391 g/mol. The van der Waals surface area contributed by atoms with Crippen molar-refractivity contribution in [1.29, 1.82) is 5.26 Å². The zero-order valence-electron chi connectivity index (χ0n) is 16.2. The molecule has 1 aromatic heterocycles. The normalized spacial score (nSPS) is 22.4. The quantitative estimate of drug-likeness (QED) is 0.721. The molecule has 7 nitrogen and oxygen atoms in total. The van der Waals surface area contributed by atoms with Gasteiger partial charge in [-0.05, 0) is 61.6 Å². The number of rotatable bonds is 5. The largest absolute Gasteiger partial charge is 0.458 e. The Kier molecular flexibility index (Phi) is 5.38. The number of hydrogen-bond acceptors (Lipinski definition) is 5. The smallest absolute Gasteiger partial charge is 0.240 e. The van der Waals surface area contributed by atoms with Crippen LogP contribution < -0.4 is 16.2 Å². The standard InChI is InChI=1S/C22H25N5O2/c23-12-16-2-1-9-27(16)22(28)20(25)10-14-13-26-21-8-7-18(11-19(14)21)29-17-5-3-15(24)4-6-17/h3,5-8,11,13,15-16,20,26H,1-2,4,9-10,24-25H2/t15?,16-,20-/m0/s1. The third-order valence-corrected chi connectivity index (χ3v) is 5.52. The van der Waals surface area contributed by atoms with Gasteiger partial charge in [0.2, 0.25) is 5.91 Å². The molecular formula is C22H25N5O2. The van der Waals surface area contributed by atoms with E-state index < -0.39 is 6.04 Å². The predicted molar refractivity (Wildman–Crippen MR) is 111 cm³/mol. The first kappa shape index (κ1) is 19.2. The number of fused-ring (bicyclic) bond motifs is 1. The van der Waals surface area contributed by atoms with Crippen molar-refractivity contribution in [2.45, 2.75) is 43.8 Å². The number of benzene rings is 1. The van der Waals surface area contributed by atoms with Crippen molar-refractivity contribution in [3.8, 4) is 11.8 Å². The molecule has 0 saturated carbocycles. The van der Waals surface area contributed by atoms with Crippen LogP contribution in [0.3, 0.4) is 0 Å². The Morgan fingerprint density at radius 3 is 3.07 bits per heavy atom. The maximum absolute atomic E-state index is 12.7. The van der Waals surface area contributed by atoms with Crippen molar-refractivity contribution in [1.82, 2.24) is 9.88 Å². The molecule has 5 N–H and O–H groups in total. The highest BCUT2D eigenvalue weighted by Crippen LogP contribution is 2.27. The van der Waals surface area contributed by atoms with Crippen molar-refractivity contribution in [2.75, 3.05) is 6.54 Å². The third-order valence-electron chi connectivity index (χ3n) is 5.52. The van der Waals surface area contributed by atoms with Gasteiger partial charge in [0.05, 0.1) is 12.1 Å². The fraction of sp³-hybridized carbons (Fsp3) is 0.364. The van der Waals surface area contributed by atoms with Crippen LogP contribution in [0.5, 0.6) is 5.75 Å². The second-order valence-electron chi connectivity index (χ2n) is 7.62. The Bertz CT molecular complexity index is 1020. The summed E-state index contributed by atoms with van der Waals surface area (Å²) in [7, 11) is 0. The van der Waals surface area contributed by atoms with Gasteiger partial charge < -0.3 is 26.1 Å². The summed E-state index contributed by atoms with van der Waals surface area (Å²) < 4.78 is 5.96. The van der Waals surface area contributed by atoms with Crippen molar-refractivity contribution >= 4 is 16.8 Å². The lowest BCUT2D eigenvalue weighted by Gasteiger charge is -2.23. The maximum Gasteiger partial charge on any atom is 0.240 e. The van der Waals surface area contributed by atoms with Gasteiger partial charge in [-0.2, -0.15) is 5.26 Å². The molecule has 1 fully saturated rings. The fourth-order valence-electron chi connectivity index (χ4n) is 3.92. The summed E-state index contributed by atoms with van der Waals surface area (Å²) in [5.41, 5.74) is 14.0. The number of ether oxygens (including phenoxy) is 1. The number of nitrogens with two attached hydrogens (primary N) is 2. The second kappa shape index (κ2) is 8.11. The van der Waals surface area contributed by atoms with Gasteiger partial charge in [-0.15, -0.1) is 0 Å². The molecule has 7 heteroatoms. The number of nitriles is 1. The molecule has 3 atom stereocenters. The Morgan fingerprint density at radius 1 is 1.45 bits per heavy atom. The number of carbonyl (C=O) groups excluding carboxylic acids is 1. The summed E-state index contributed by atoms with van der Waals surface area (Å²) in [6.45, 7) is 0.600. The van der Waals surface area contributed by atoms with Crippen LogP contribution in [0.1, 0.15) is 24.8 Å². The van der Waals surface area contributed by atoms with Crippen LogP contribution in [0.25, 0.3) is 10.9 Å². The van der Waals surface area contributed by atoms with E-state index in [4.69, 9.17) is 16.2 Å². The number of likely N-dealkylation sites (tertiary alicyclic amines) is 1. The first-order valence-electron chi connectivity index (χ1n) is 9.92. The lowest BCUT2D eigenvalue weighted by atomic mass is 10.0. The van der Waals surface area contributed by atoms with Gasteiger partial charge in [0.25, 0.3) is 0 Å². The molecular weight excluding hydrogens is 366 g/mol. The number of carbonyl (C=O) groups is 1. The third kappa shape index (κ3) is 4.04. The summed E-state index contributed by atoms with van der Waals surface area (Å²) in [4.78, 5) is 17.6. The number of allylic oxidation sites excluding steroid dienone is 1. The number of nitrogens with zero attached hydrogens (tertiary/aromatic N) is 2. The fourth-order valence-corrected chi connectivity index (χ4v) is 3.92. The minimum absolute atomic E-state index is 0.0383. The van der Waals surface area contributed by atoms with Gasteiger partial charge in [-0.25, -0.2) is 0 Å². The molecule has 0 radical (unpaired) electrons. The molecule has 1 unspecified atom stereocenters. The highest BCUT2D eigenvalue weighted by atomic mass is 16.5. The Morgan fingerprint density at radius 2 is 2.31 bits per heavy atom. The van der Waals surface area contributed by atoms with Crippen LogP contribution in [0.4, 0.5) is 0 Å². The molecule has 150 valence electrons. The number of H-pyrrole nitrogens is 1. The van der Waals surface area contributed by atoms with Crippen LogP contribution in [0.15, 0.2) is 48.4 Å². The summed E-state index contributed by atoms with van der Waals surface area (Å²) in [5, 5.41) is 10.2. The van der Waals surface area contributed by atoms with Crippen LogP contribution >= 0.6 is 0 Å². The zero-order chi connectivity index (χ0) is 20.4. The molecule has 0 bridgehead atoms. The predicted octanol–water partition coefficient (Wildman–Crippen LogP) is 2.10. The summed E-state index contributed by atoms with van der Waals surface area (Å²) in [6.07, 6.45) is 10.4. The molecule has 1 aliphatic heterocycles. The van der Waals surface area contributed by atoms with Crippen LogP contribution in [0.2, 0.25) is 0 Å². The van der Waals surface area contributed by atoms with E-state index in [2.05, 4.69) is 11.1 Å². The van der Waals surface area contributed by atoms with E-state index in [1.807, 2.05) is 42.6 Å². The maximum atomic E-state index is 12.7. The van der Waals surface area contributed by atoms with Crippen molar-refractivity contribution < 1.29 is 9.53 Å². The molecule has 1 aromatic carbocycles. The summed E-state index contributed by atoms with van der Waals surface area (Å²) >= 11 is 0. The van der Waals surface area contributed by atoms with E-state index in [9.17, 15) is 10.1 Å². The van der Waals surface area contributed by atoms with Crippen LogP contribution in [0, 0.1) is 11.3 Å². The number of aromatic nitrogens is 1. The molecule has 2 aliphatic rings. The molecule has 2 aromatic rings. The molecule has 29 heavy (non-hydrogen) atoms. The topological polar surface area (TPSA) is 121 Å². The lowest BCUT2D eigenvalue weighted by molar-refractivity contribution is -0.132. The van der Waals surface area contributed by atoms with E-state index in [0.29, 0.717) is 18.7 Å². The number of hydrogen-bond donors (Lipinski definition) is 3. The van der Waals surface area contributed by atoms with E-state index in [1.54, 1.807) is 4.90 Å². The van der Waals surface area contributed by atoms with Crippen molar-refractivity contribution in [3.05, 3.63) is 53.9 Å². The molecule has 0 spiro atoms. The molecule has 1 aliphatic carbocycles. The van der Waals surface area contributed by atoms with E-state index in [-0.39, 0.29) is 18.0 Å². The zero-order valence-corrected chi connectivity index (χ0v) is 16.2. The Balaban J connectivity index is 1.50. The summed E-state index contributed by atoms with van der Waals surface area (Å²) in [5.74, 6) is 1.32. The second-order valence-corrected chi connectivity index (χ2v) is 7.62. The van der Waals surface area contributed by atoms with E-state index in [0.717, 1.165) is 41.5 Å². The van der Waals surface area contributed by atoms with Crippen molar-refractivity contribution in [3.63, 3.8) is 0 Å². The van der Waals surface area contributed by atoms with Gasteiger partial charge in [0, 0.05) is 29.7 Å². The van der Waals surface area contributed by atoms with Crippen LogP contribution in [-0.4, -0.2) is 40.5 Å². The van der Waals surface area contributed by atoms with Gasteiger partial charge in [0.1, 0.15) is 17.6 Å². The van der Waals surface area contributed by atoms with Crippen molar-refractivity contribution in [2.24, 2.45) is 11.5 Å². The van der Waals surface area contributed by atoms with Gasteiger partial charge in [0.15, 0.2) is 0 Å². The number of amides is 1. The SMILES string of the molecule is N#C[C@@H]1CCCN1C(=O)[C@@H](N)Cc1c[nH]c2ccc(OC3=CCC(N)C=C3)cc12. The number of nitrogens with one attached hydrogen (secondary N) is 1. The molecule has 1 saturated heterocycles. The molecule has 4 rings (SSSR count). The highest BCUT2D eigenvalue weighted by Gasteiger charge is 2.31. The van der Waals surface area contributed by atoms with E-state index in [1.165, 1.54) is 0 Å².